The molecule has 1 amide bonds. The van der Waals surface area contributed by atoms with Gasteiger partial charge in [0.2, 0.25) is 0 Å². The first-order chi connectivity index (χ1) is 9.94. The number of hydrogen-bond acceptors (Lipinski definition) is 4. The fourth-order valence-corrected chi connectivity index (χ4v) is 2.90. The summed E-state index contributed by atoms with van der Waals surface area (Å²) in [4.78, 5) is 14.1. The molecule has 0 bridgehead atoms. The van der Waals surface area contributed by atoms with Crippen LogP contribution in [-0.4, -0.2) is 55.0 Å². The Hall–Kier alpha value is -0.810. The highest BCUT2D eigenvalue weighted by atomic mass is 16.6. The smallest absolute Gasteiger partial charge is 0.410 e. The van der Waals surface area contributed by atoms with Gasteiger partial charge in [0.05, 0.1) is 6.10 Å². The van der Waals surface area contributed by atoms with Crippen molar-refractivity contribution in [2.24, 2.45) is 0 Å². The van der Waals surface area contributed by atoms with E-state index in [0.29, 0.717) is 12.1 Å². The normalized spacial score (nSPS) is 27.5. The van der Waals surface area contributed by atoms with Crippen LogP contribution in [-0.2, 0) is 9.47 Å². The lowest BCUT2D eigenvalue weighted by Gasteiger charge is -2.29. The van der Waals surface area contributed by atoms with Crippen LogP contribution < -0.4 is 5.32 Å². The first-order valence-corrected chi connectivity index (χ1v) is 8.27. The van der Waals surface area contributed by atoms with Gasteiger partial charge < -0.3 is 19.7 Å². The van der Waals surface area contributed by atoms with Crippen LogP contribution in [0.25, 0.3) is 0 Å². The van der Waals surface area contributed by atoms with Crippen molar-refractivity contribution in [3.05, 3.63) is 0 Å². The van der Waals surface area contributed by atoms with Crippen LogP contribution in [0.1, 0.15) is 52.9 Å². The summed E-state index contributed by atoms with van der Waals surface area (Å²) in [5, 5.41) is 3.58. The minimum atomic E-state index is -0.427. The van der Waals surface area contributed by atoms with Crippen LogP contribution >= 0.6 is 0 Å². The van der Waals surface area contributed by atoms with E-state index in [1.165, 1.54) is 6.42 Å². The summed E-state index contributed by atoms with van der Waals surface area (Å²) in [6.45, 7) is 9.06. The Labute approximate surface area is 128 Å². The summed E-state index contributed by atoms with van der Waals surface area (Å²) in [5.41, 5.74) is -0.427. The van der Waals surface area contributed by atoms with Gasteiger partial charge in [-0.2, -0.15) is 0 Å². The minimum absolute atomic E-state index is 0.187. The molecule has 2 saturated heterocycles. The largest absolute Gasteiger partial charge is 0.444 e. The van der Waals surface area contributed by atoms with Gasteiger partial charge in [0.15, 0.2) is 0 Å². The predicted molar refractivity (Wildman–Crippen MR) is 82.4 cm³/mol. The van der Waals surface area contributed by atoms with Gasteiger partial charge in [-0.15, -0.1) is 0 Å². The highest BCUT2D eigenvalue weighted by Gasteiger charge is 2.27. The molecule has 2 unspecified atom stereocenters. The number of nitrogens with one attached hydrogen (secondary N) is 1. The molecular weight excluding hydrogens is 268 g/mol. The van der Waals surface area contributed by atoms with Crippen LogP contribution in [0.5, 0.6) is 0 Å². The van der Waals surface area contributed by atoms with E-state index in [-0.39, 0.29) is 6.09 Å². The van der Waals surface area contributed by atoms with Crippen molar-refractivity contribution < 1.29 is 14.3 Å². The van der Waals surface area contributed by atoms with Gasteiger partial charge in [-0.25, -0.2) is 4.79 Å². The summed E-state index contributed by atoms with van der Waals surface area (Å²) in [7, 11) is 0. The van der Waals surface area contributed by atoms with Crippen molar-refractivity contribution in [2.75, 3.05) is 26.2 Å². The molecule has 0 saturated carbocycles. The van der Waals surface area contributed by atoms with Crippen LogP contribution in [0, 0.1) is 0 Å². The summed E-state index contributed by atoms with van der Waals surface area (Å²) in [5.74, 6) is 0. The number of carbonyl (C=O) groups excluding carboxylic acids is 1. The maximum absolute atomic E-state index is 12.2. The topological polar surface area (TPSA) is 50.8 Å². The van der Waals surface area contributed by atoms with E-state index in [9.17, 15) is 4.79 Å². The molecule has 0 aromatic heterocycles. The van der Waals surface area contributed by atoms with Gasteiger partial charge in [-0.05, 0) is 46.5 Å². The van der Waals surface area contributed by atoms with E-state index in [1.54, 1.807) is 0 Å². The number of hydrogen-bond donors (Lipinski definition) is 1. The lowest BCUT2D eigenvalue weighted by atomic mass is 10.1. The standard InChI is InChI=1S/C16H30N2O3/c1-16(2,3)21-15(19)18-9-5-4-7-13(12-18)17-11-14-8-6-10-20-14/h13-14,17H,4-12H2,1-3H3. The molecule has 0 spiro atoms. The average Bonchev–Trinajstić information content (AvgIpc) is 2.78. The maximum atomic E-state index is 12.2. The molecule has 21 heavy (non-hydrogen) atoms. The quantitative estimate of drug-likeness (QED) is 0.870. The Morgan fingerprint density at radius 3 is 2.76 bits per heavy atom. The van der Waals surface area contributed by atoms with Gasteiger partial charge in [0, 0.05) is 32.3 Å². The van der Waals surface area contributed by atoms with Gasteiger partial charge in [0.1, 0.15) is 5.60 Å². The predicted octanol–water partition coefficient (Wildman–Crippen LogP) is 2.54. The van der Waals surface area contributed by atoms with Crippen molar-refractivity contribution in [3.63, 3.8) is 0 Å². The zero-order valence-corrected chi connectivity index (χ0v) is 13.7. The highest BCUT2D eigenvalue weighted by Crippen LogP contribution is 2.16. The molecule has 122 valence electrons. The van der Waals surface area contributed by atoms with E-state index < -0.39 is 5.60 Å². The van der Waals surface area contributed by atoms with Crippen LogP contribution in [0.3, 0.4) is 0 Å². The first kappa shape index (κ1) is 16.6. The van der Waals surface area contributed by atoms with Crippen LogP contribution in [0.4, 0.5) is 4.79 Å². The van der Waals surface area contributed by atoms with Crippen molar-refractivity contribution >= 4 is 6.09 Å². The van der Waals surface area contributed by atoms with Gasteiger partial charge >= 0.3 is 6.09 Å². The van der Waals surface area contributed by atoms with E-state index in [0.717, 1.165) is 51.9 Å². The molecule has 0 aromatic carbocycles. The zero-order valence-electron chi connectivity index (χ0n) is 13.7. The van der Waals surface area contributed by atoms with Crippen LogP contribution in [0.15, 0.2) is 0 Å². The van der Waals surface area contributed by atoms with E-state index in [4.69, 9.17) is 9.47 Å². The molecule has 2 aliphatic heterocycles. The van der Waals surface area contributed by atoms with Crippen molar-refractivity contribution in [1.82, 2.24) is 10.2 Å². The summed E-state index contributed by atoms with van der Waals surface area (Å²) < 4.78 is 11.1. The van der Waals surface area contributed by atoms with Crippen molar-refractivity contribution in [2.45, 2.75) is 70.6 Å². The number of rotatable bonds is 3. The Bertz CT molecular complexity index is 335. The third-order valence-electron chi connectivity index (χ3n) is 3.98. The lowest BCUT2D eigenvalue weighted by Crippen LogP contribution is -2.46. The monoisotopic (exact) mass is 298 g/mol. The fraction of sp³-hybridized carbons (Fsp3) is 0.938. The van der Waals surface area contributed by atoms with Gasteiger partial charge in [-0.3, -0.25) is 0 Å². The van der Waals surface area contributed by atoms with E-state index >= 15 is 0 Å². The van der Waals surface area contributed by atoms with Gasteiger partial charge in [-0.1, -0.05) is 6.42 Å². The average molecular weight is 298 g/mol. The second-order valence-corrected chi connectivity index (χ2v) is 7.16. The number of nitrogens with zero attached hydrogens (tertiary/aromatic N) is 1. The zero-order chi connectivity index (χ0) is 15.3. The molecule has 0 aliphatic carbocycles. The van der Waals surface area contributed by atoms with Crippen molar-refractivity contribution in [3.8, 4) is 0 Å². The molecular formula is C16H30N2O3. The molecule has 2 aliphatic rings. The number of amides is 1. The molecule has 2 heterocycles. The number of carbonyl (C=O) groups is 1. The molecule has 1 N–H and O–H groups in total. The fourth-order valence-electron chi connectivity index (χ4n) is 2.90. The Balaban J connectivity index is 1.80. The maximum Gasteiger partial charge on any atom is 0.410 e. The first-order valence-electron chi connectivity index (χ1n) is 8.27. The molecule has 0 aromatic rings. The van der Waals surface area contributed by atoms with Gasteiger partial charge in [0.25, 0.3) is 0 Å². The second kappa shape index (κ2) is 7.45. The highest BCUT2D eigenvalue weighted by molar-refractivity contribution is 5.68. The second-order valence-electron chi connectivity index (χ2n) is 7.16. The number of ether oxygens (including phenoxy) is 2. The summed E-state index contributed by atoms with van der Waals surface area (Å²) in [6.07, 6.45) is 5.80. The summed E-state index contributed by atoms with van der Waals surface area (Å²) in [6, 6.07) is 0.351. The molecule has 0 radical (unpaired) electrons. The molecule has 5 heteroatoms. The van der Waals surface area contributed by atoms with E-state index in [2.05, 4.69) is 5.32 Å². The molecule has 2 fully saturated rings. The molecule has 2 rings (SSSR count). The SMILES string of the molecule is CC(C)(C)OC(=O)N1CCCCC(NCC2CCCO2)C1. The minimum Gasteiger partial charge on any atom is -0.444 e. The van der Waals surface area contributed by atoms with Crippen molar-refractivity contribution in [1.29, 1.82) is 0 Å². The third kappa shape index (κ3) is 5.83. The lowest BCUT2D eigenvalue weighted by molar-refractivity contribution is 0.0240. The molecule has 2 atom stereocenters. The Morgan fingerprint density at radius 2 is 2.10 bits per heavy atom. The van der Waals surface area contributed by atoms with E-state index in [1.807, 2.05) is 25.7 Å². The number of likely N-dealkylation sites (tertiary alicyclic amines) is 1. The third-order valence-corrected chi connectivity index (χ3v) is 3.98. The Morgan fingerprint density at radius 1 is 1.29 bits per heavy atom. The summed E-state index contributed by atoms with van der Waals surface area (Å²) >= 11 is 0. The Kier molecular flexibility index (Phi) is 5.88. The van der Waals surface area contributed by atoms with Crippen LogP contribution in [0.2, 0.25) is 0 Å². The molecule has 5 nitrogen and oxygen atoms in total.